The molecule has 0 saturated carbocycles. The number of halogens is 1. The van der Waals surface area contributed by atoms with Crippen molar-refractivity contribution < 1.29 is 9.53 Å². The summed E-state index contributed by atoms with van der Waals surface area (Å²) in [5, 5.41) is 2.68. The van der Waals surface area contributed by atoms with Crippen molar-refractivity contribution >= 4 is 29.0 Å². The second-order valence-electron chi connectivity index (χ2n) is 4.80. The van der Waals surface area contributed by atoms with Gasteiger partial charge >= 0.3 is 0 Å². The molecular weight excluding hydrogens is 324 g/mol. The molecule has 0 aliphatic heterocycles. The third-order valence-corrected chi connectivity index (χ3v) is 4.35. The maximum atomic E-state index is 11.8. The van der Waals surface area contributed by atoms with Crippen LogP contribution in [0.5, 0.6) is 5.75 Å². The molecule has 0 fully saturated rings. The second kappa shape index (κ2) is 8.00. The monoisotopic (exact) mass is 340 g/mol. The van der Waals surface area contributed by atoms with Gasteiger partial charge in [0.1, 0.15) is 15.6 Å². The Morgan fingerprint density at radius 1 is 1.32 bits per heavy atom. The minimum absolute atomic E-state index is 0.0507. The Morgan fingerprint density at radius 2 is 2.05 bits per heavy atom. The van der Waals surface area contributed by atoms with Crippen LogP contribution in [0.3, 0.4) is 0 Å². The number of H-pyrrole nitrogens is 1. The highest BCUT2D eigenvalue weighted by atomic mass is 35.5. The van der Waals surface area contributed by atoms with E-state index in [0.29, 0.717) is 13.2 Å². The smallest absolute Gasteiger partial charge is 0.277 e. The second-order valence-corrected chi connectivity index (χ2v) is 6.00. The Balaban J connectivity index is 1.63. The predicted molar refractivity (Wildman–Crippen MR) is 88.2 cm³/mol. The molecule has 0 radical (unpaired) electrons. The number of hydrogen-bond acceptors (Lipinski definition) is 4. The van der Waals surface area contributed by atoms with E-state index in [1.165, 1.54) is 5.56 Å². The van der Waals surface area contributed by atoms with Gasteiger partial charge in [-0.05, 0) is 31.9 Å². The zero-order valence-electron chi connectivity index (χ0n) is 12.1. The molecule has 0 spiro atoms. The van der Waals surface area contributed by atoms with Crippen molar-refractivity contribution in [2.24, 2.45) is 0 Å². The summed E-state index contributed by atoms with van der Waals surface area (Å²) in [6.07, 6.45) is 1.61. The number of hydrogen-bond donors (Lipinski definition) is 2. The van der Waals surface area contributed by atoms with Crippen LogP contribution in [-0.4, -0.2) is 23.4 Å². The Labute approximate surface area is 137 Å². The highest BCUT2D eigenvalue weighted by Gasteiger charge is 2.15. The van der Waals surface area contributed by atoms with E-state index in [-0.39, 0.29) is 15.8 Å². The van der Waals surface area contributed by atoms with E-state index >= 15 is 0 Å². The van der Waals surface area contributed by atoms with Crippen LogP contribution < -0.4 is 15.6 Å². The number of rotatable bonds is 7. The molecule has 0 atom stereocenters. The van der Waals surface area contributed by atoms with Crippen molar-refractivity contribution in [3.05, 3.63) is 50.1 Å². The number of ether oxygens (including phenoxy) is 1. The summed E-state index contributed by atoms with van der Waals surface area (Å²) >= 11 is 6.68. The summed E-state index contributed by atoms with van der Waals surface area (Å²) in [7, 11) is 0. The molecule has 1 amide bonds. The lowest BCUT2D eigenvalue weighted by molar-refractivity contribution is 0.0956. The Kier molecular flexibility index (Phi) is 6.03. The first-order valence-electron chi connectivity index (χ1n) is 6.92. The number of aromatic nitrogens is 1. The van der Waals surface area contributed by atoms with E-state index in [9.17, 15) is 9.59 Å². The average Bonchev–Trinajstić information content (AvgIpc) is 2.84. The Bertz CT molecular complexity index is 679. The average molecular weight is 341 g/mol. The van der Waals surface area contributed by atoms with Crippen LogP contribution in [0.2, 0.25) is 5.02 Å². The predicted octanol–water partition coefficient (Wildman–Crippen LogP) is 2.99. The number of carbonyl (C=O) groups excluding carboxylic acids is 1. The third-order valence-electron chi connectivity index (χ3n) is 3.00. The number of amides is 1. The van der Waals surface area contributed by atoms with Crippen molar-refractivity contribution in [1.82, 2.24) is 9.69 Å². The lowest BCUT2D eigenvalue weighted by atomic mass is 10.2. The molecule has 1 heterocycles. The summed E-state index contributed by atoms with van der Waals surface area (Å²) in [6.45, 7) is 3.13. The minimum Gasteiger partial charge on any atom is -0.494 e. The van der Waals surface area contributed by atoms with Gasteiger partial charge in [0, 0.05) is 6.54 Å². The molecule has 0 bridgehead atoms. The van der Waals surface area contributed by atoms with Crippen LogP contribution in [0.15, 0.2) is 29.1 Å². The van der Waals surface area contributed by atoms with Crippen LogP contribution in [0.1, 0.15) is 28.1 Å². The van der Waals surface area contributed by atoms with Crippen molar-refractivity contribution in [3.63, 3.8) is 0 Å². The van der Waals surface area contributed by atoms with Crippen LogP contribution in [0.4, 0.5) is 0 Å². The molecular formula is C15H17ClN2O3S. The summed E-state index contributed by atoms with van der Waals surface area (Å²) in [5.41, 5.74) is 0.768. The fourth-order valence-corrected chi connectivity index (χ4v) is 2.72. The molecule has 2 aromatic rings. The summed E-state index contributed by atoms with van der Waals surface area (Å²) < 4.78 is 8.02. The Hall–Kier alpha value is -1.79. The maximum absolute atomic E-state index is 11.8. The molecule has 1 aromatic heterocycles. The van der Waals surface area contributed by atoms with Gasteiger partial charge in [0.25, 0.3) is 11.5 Å². The largest absolute Gasteiger partial charge is 0.494 e. The fourth-order valence-electron chi connectivity index (χ4n) is 1.77. The zero-order chi connectivity index (χ0) is 15.9. The van der Waals surface area contributed by atoms with Crippen LogP contribution >= 0.6 is 23.1 Å². The van der Waals surface area contributed by atoms with Gasteiger partial charge in [-0.3, -0.25) is 14.0 Å². The Morgan fingerprint density at radius 3 is 2.68 bits per heavy atom. The van der Waals surface area contributed by atoms with Gasteiger partial charge < -0.3 is 10.1 Å². The van der Waals surface area contributed by atoms with Crippen molar-refractivity contribution in [1.29, 1.82) is 0 Å². The SMILES string of the molecule is Cc1ccc(OCCCCNC(=O)c2s[nH]c(=O)c2Cl)cc1. The first-order valence-corrected chi connectivity index (χ1v) is 8.12. The number of benzene rings is 1. The van der Waals surface area contributed by atoms with Crippen molar-refractivity contribution in [2.45, 2.75) is 19.8 Å². The molecule has 5 nitrogen and oxygen atoms in total. The fraction of sp³-hybridized carbons (Fsp3) is 0.333. The summed E-state index contributed by atoms with van der Waals surface area (Å²) in [6, 6.07) is 7.88. The lowest BCUT2D eigenvalue weighted by Crippen LogP contribution is -2.24. The molecule has 2 N–H and O–H groups in total. The number of unbranched alkanes of at least 4 members (excludes halogenated alkanes) is 1. The number of aromatic amines is 1. The molecule has 2 rings (SSSR count). The standard InChI is InChI=1S/C15H17ClN2O3S/c1-10-4-6-11(7-5-10)21-9-3-2-8-17-15(20)13-12(16)14(19)18-22-13/h4-7H,2-3,8-9H2,1H3,(H,17,20)(H,18,19). The summed E-state index contributed by atoms with van der Waals surface area (Å²) in [4.78, 5) is 23.2. The molecule has 0 unspecified atom stereocenters. The van der Waals surface area contributed by atoms with E-state index < -0.39 is 5.56 Å². The first-order chi connectivity index (χ1) is 10.6. The van der Waals surface area contributed by atoms with Gasteiger partial charge in [0.2, 0.25) is 0 Å². The highest BCUT2D eigenvalue weighted by molar-refractivity contribution is 7.08. The number of carbonyl (C=O) groups is 1. The van der Waals surface area contributed by atoms with Gasteiger partial charge in [-0.25, -0.2) is 0 Å². The molecule has 0 saturated heterocycles. The molecule has 7 heteroatoms. The lowest BCUT2D eigenvalue weighted by Gasteiger charge is -2.07. The van der Waals surface area contributed by atoms with Gasteiger partial charge in [-0.2, -0.15) is 0 Å². The highest BCUT2D eigenvalue weighted by Crippen LogP contribution is 2.14. The van der Waals surface area contributed by atoms with Gasteiger partial charge in [0.05, 0.1) is 6.61 Å². The van der Waals surface area contributed by atoms with E-state index in [1.54, 1.807) is 0 Å². The van der Waals surface area contributed by atoms with Gasteiger partial charge in [-0.1, -0.05) is 40.8 Å². The van der Waals surface area contributed by atoms with E-state index in [1.807, 2.05) is 31.2 Å². The molecule has 0 aliphatic rings. The van der Waals surface area contributed by atoms with E-state index in [0.717, 1.165) is 30.1 Å². The van der Waals surface area contributed by atoms with Crippen molar-refractivity contribution in [3.8, 4) is 5.75 Å². The normalized spacial score (nSPS) is 10.5. The minimum atomic E-state index is -0.427. The van der Waals surface area contributed by atoms with Crippen LogP contribution in [0.25, 0.3) is 0 Å². The number of aryl methyl sites for hydroxylation is 1. The molecule has 22 heavy (non-hydrogen) atoms. The van der Waals surface area contributed by atoms with Crippen LogP contribution in [0, 0.1) is 6.92 Å². The molecule has 118 valence electrons. The third kappa shape index (κ3) is 4.61. The first kappa shape index (κ1) is 16.6. The van der Waals surface area contributed by atoms with Gasteiger partial charge in [-0.15, -0.1) is 0 Å². The zero-order valence-corrected chi connectivity index (χ0v) is 13.7. The van der Waals surface area contributed by atoms with E-state index in [2.05, 4.69) is 9.69 Å². The topological polar surface area (TPSA) is 71.2 Å². The molecule has 0 aliphatic carbocycles. The van der Waals surface area contributed by atoms with E-state index in [4.69, 9.17) is 16.3 Å². The summed E-state index contributed by atoms with van der Waals surface area (Å²) in [5.74, 6) is 0.520. The van der Waals surface area contributed by atoms with Crippen LogP contribution in [-0.2, 0) is 0 Å². The number of nitrogens with one attached hydrogen (secondary N) is 2. The quantitative estimate of drug-likeness (QED) is 0.761. The van der Waals surface area contributed by atoms with Gasteiger partial charge in [0.15, 0.2) is 0 Å². The maximum Gasteiger partial charge on any atom is 0.277 e. The van der Waals surface area contributed by atoms with Crippen molar-refractivity contribution in [2.75, 3.05) is 13.2 Å². The molecule has 1 aromatic carbocycles.